The summed E-state index contributed by atoms with van der Waals surface area (Å²) in [6.45, 7) is 3.28. The van der Waals surface area contributed by atoms with Crippen molar-refractivity contribution in [3.63, 3.8) is 0 Å². The molecule has 2 aromatic carbocycles. The van der Waals surface area contributed by atoms with Crippen LogP contribution in [0.1, 0.15) is 19.4 Å². The maximum atomic E-state index is 12.5. The van der Waals surface area contributed by atoms with Gasteiger partial charge in [0.25, 0.3) is 5.91 Å². The van der Waals surface area contributed by atoms with Gasteiger partial charge in [0, 0.05) is 18.2 Å². The first kappa shape index (κ1) is 29.6. The molecule has 0 aromatic heterocycles. The van der Waals surface area contributed by atoms with Crippen LogP contribution >= 0.6 is 0 Å². The Bertz CT molecular complexity index is 1300. The Morgan fingerprint density at radius 2 is 1.95 bits per heavy atom. The van der Waals surface area contributed by atoms with Gasteiger partial charge in [-0.2, -0.15) is 0 Å². The van der Waals surface area contributed by atoms with Crippen molar-refractivity contribution in [2.45, 2.75) is 38.5 Å². The highest BCUT2D eigenvalue weighted by atomic mass is 32.2. The van der Waals surface area contributed by atoms with E-state index in [4.69, 9.17) is 23.7 Å². The number of ether oxygens (including phenoxy) is 5. The third-order valence-electron chi connectivity index (χ3n) is 5.42. The Morgan fingerprint density at radius 1 is 1.21 bits per heavy atom. The number of methoxy groups -OCH3 is 1. The summed E-state index contributed by atoms with van der Waals surface area (Å²) in [5, 5.41) is 23.1. The molecule has 0 saturated carbocycles. The number of phenolic OH excluding ortho intramolecular Hbond substituents is 1. The Hall–Kier alpha value is -3.91. The average Bonchev–Trinajstić information content (AvgIpc) is 2.87. The van der Waals surface area contributed by atoms with E-state index in [1.807, 2.05) is 0 Å². The topological polar surface area (TPSA) is 179 Å². The number of amides is 1. The van der Waals surface area contributed by atoms with Crippen LogP contribution in [0.25, 0.3) is 0 Å². The van der Waals surface area contributed by atoms with Crippen molar-refractivity contribution < 1.29 is 51.9 Å². The average molecular weight is 569 g/mol. The van der Waals surface area contributed by atoms with Gasteiger partial charge in [0.05, 0.1) is 25.7 Å². The number of hydrogen-bond donors (Lipinski definition) is 4. The van der Waals surface area contributed by atoms with Gasteiger partial charge in [0.1, 0.15) is 19.0 Å². The van der Waals surface area contributed by atoms with Gasteiger partial charge in [0.15, 0.2) is 29.1 Å². The van der Waals surface area contributed by atoms with Crippen LogP contribution in [-0.2, 0) is 30.8 Å². The molecule has 4 N–H and O–H groups in total. The van der Waals surface area contributed by atoms with Gasteiger partial charge < -0.3 is 39.2 Å². The summed E-state index contributed by atoms with van der Waals surface area (Å²) >= 11 is 0. The standard InChI is InChI=1S/C25H32N2O11S/c1-5-35-25(31)22-13-37-20-9-15(6-7-19(20)38-22)8-14(2)26-24(30)18(28)12-36-16-10-17(27-39(4,32)33)23(29)21(11-16)34-3/h6-7,9-11,14,18,22,27-29H,5,8,12-13H2,1-4H3,(H,26,30)/t14-,18+,22-/m1/s1. The third kappa shape index (κ3) is 8.29. The maximum absolute atomic E-state index is 12.5. The summed E-state index contributed by atoms with van der Waals surface area (Å²) < 4.78 is 52.0. The van der Waals surface area contributed by atoms with Gasteiger partial charge in [-0.15, -0.1) is 0 Å². The molecule has 0 aliphatic carbocycles. The Kier molecular flexibility index (Phi) is 9.70. The second-order valence-corrected chi connectivity index (χ2v) is 10.5. The summed E-state index contributed by atoms with van der Waals surface area (Å²) in [5.41, 5.74) is 0.642. The predicted molar refractivity (Wildman–Crippen MR) is 139 cm³/mol. The fourth-order valence-electron chi connectivity index (χ4n) is 3.69. The molecule has 39 heavy (non-hydrogen) atoms. The predicted octanol–water partition coefficient (Wildman–Crippen LogP) is 0.962. The summed E-state index contributed by atoms with van der Waals surface area (Å²) in [6, 6.07) is 7.31. The molecule has 1 amide bonds. The van der Waals surface area contributed by atoms with Gasteiger partial charge >= 0.3 is 5.97 Å². The van der Waals surface area contributed by atoms with Gasteiger partial charge in [-0.1, -0.05) is 6.07 Å². The summed E-state index contributed by atoms with van der Waals surface area (Å²) in [6.07, 6.45) is -1.06. The highest BCUT2D eigenvalue weighted by molar-refractivity contribution is 7.92. The lowest BCUT2D eigenvalue weighted by atomic mass is 10.1. The van der Waals surface area contributed by atoms with Crippen molar-refractivity contribution in [2.75, 3.05) is 37.9 Å². The highest BCUT2D eigenvalue weighted by Gasteiger charge is 2.29. The molecule has 14 heteroatoms. The van der Waals surface area contributed by atoms with Crippen LogP contribution in [0.2, 0.25) is 0 Å². The number of carbonyl (C=O) groups is 2. The Labute approximate surface area is 226 Å². The fraction of sp³-hybridized carbons (Fsp3) is 0.440. The lowest BCUT2D eigenvalue weighted by molar-refractivity contribution is -0.153. The van der Waals surface area contributed by atoms with E-state index >= 15 is 0 Å². The number of esters is 1. The second kappa shape index (κ2) is 12.8. The molecule has 3 atom stereocenters. The van der Waals surface area contributed by atoms with Gasteiger partial charge in [0.2, 0.25) is 16.1 Å². The number of aliphatic hydroxyl groups is 1. The molecular formula is C25H32N2O11S. The molecule has 1 aliphatic heterocycles. The lowest BCUT2D eigenvalue weighted by Crippen LogP contribution is -2.43. The number of aromatic hydroxyl groups is 1. The molecule has 0 bridgehead atoms. The summed E-state index contributed by atoms with van der Waals surface area (Å²) in [4.78, 5) is 24.4. The third-order valence-corrected chi connectivity index (χ3v) is 6.01. The lowest BCUT2D eigenvalue weighted by Gasteiger charge is -2.25. The molecule has 0 spiro atoms. The van der Waals surface area contributed by atoms with Crippen molar-refractivity contribution in [1.29, 1.82) is 0 Å². The molecule has 214 valence electrons. The number of carbonyl (C=O) groups excluding carboxylic acids is 2. The smallest absolute Gasteiger partial charge is 0.350 e. The Balaban J connectivity index is 1.54. The van der Waals surface area contributed by atoms with E-state index in [1.54, 1.807) is 32.0 Å². The summed E-state index contributed by atoms with van der Waals surface area (Å²) in [7, 11) is -2.43. The fourth-order valence-corrected chi connectivity index (χ4v) is 4.24. The van der Waals surface area contributed by atoms with Gasteiger partial charge in [-0.05, 0) is 38.0 Å². The van der Waals surface area contributed by atoms with Crippen molar-refractivity contribution in [1.82, 2.24) is 5.32 Å². The number of phenols is 1. The minimum absolute atomic E-state index is 0.0203. The van der Waals surface area contributed by atoms with Crippen LogP contribution in [0.5, 0.6) is 28.7 Å². The van der Waals surface area contributed by atoms with Gasteiger partial charge in [-0.3, -0.25) is 9.52 Å². The normalized spacial score (nSPS) is 16.0. The van der Waals surface area contributed by atoms with E-state index < -0.39 is 46.5 Å². The number of anilines is 1. The minimum Gasteiger partial charge on any atom is -0.503 e. The molecule has 0 saturated heterocycles. The number of aliphatic hydroxyl groups excluding tert-OH is 1. The van der Waals surface area contributed by atoms with Crippen LogP contribution in [0.3, 0.4) is 0 Å². The van der Waals surface area contributed by atoms with Crippen LogP contribution in [0, 0.1) is 0 Å². The number of nitrogens with one attached hydrogen (secondary N) is 2. The first-order valence-corrected chi connectivity index (χ1v) is 13.9. The van der Waals surface area contributed by atoms with E-state index in [2.05, 4.69) is 10.0 Å². The van der Waals surface area contributed by atoms with E-state index in [1.165, 1.54) is 19.2 Å². The monoisotopic (exact) mass is 568 g/mol. The van der Waals surface area contributed by atoms with Crippen LogP contribution < -0.4 is 29.0 Å². The van der Waals surface area contributed by atoms with E-state index in [0.29, 0.717) is 17.9 Å². The van der Waals surface area contributed by atoms with Crippen molar-refractivity contribution in [3.8, 4) is 28.7 Å². The molecule has 1 aliphatic rings. The van der Waals surface area contributed by atoms with Crippen LogP contribution in [0.4, 0.5) is 5.69 Å². The van der Waals surface area contributed by atoms with Crippen molar-refractivity contribution >= 4 is 27.6 Å². The SMILES string of the molecule is CCOC(=O)[C@H]1COc2cc(C[C@@H](C)NC(=O)[C@@H](O)COc3cc(NS(C)(=O)=O)c(O)c(OC)c3)ccc2O1. The first-order chi connectivity index (χ1) is 18.4. The quantitative estimate of drug-likeness (QED) is 0.212. The number of sulfonamides is 1. The maximum Gasteiger partial charge on any atom is 0.350 e. The zero-order valence-corrected chi connectivity index (χ0v) is 22.7. The number of fused-ring (bicyclic) bond motifs is 1. The highest BCUT2D eigenvalue weighted by Crippen LogP contribution is 2.39. The van der Waals surface area contributed by atoms with E-state index in [-0.39, 0.29) is 36.4 Å². The molecular weight excluding hydrogens is 536 g/mol. The molecule has 0 unspecified atom stereocenters. The van der Waals surface area contributed by atoms with Crippen molar-refractivity contribution in [2.24, 2.45) is 0 Å². The molecule has 0 radical (unpaired) electrons. The van der Waals surface area contributed by atoms with Crippen LogP contribution in [-0.4, -0.2) is 81.9 Å². The summed E-state index contributed by atoms with van der Waals surface area (Å²) in [5.74, 6) is -0.763. The number of hydrogen-bond acceptors (Lipinski definition) is 11. The second-order valence-electron chi connectivity index (χ2n) is 8.79. The largest absolute Gasteiger partial charge is 0.503 e. The zero-order chi connectivity index (χ0) is 28.7. The zero-order valence-electron chi connectivity index (χ0n) is 21.9. The molecule has 3 rings (SSSR count). The number of rotatable bonds is 12. The molecule has 1 heterocycles. The van der Waals surface area contributed by atoms with Gasteiger partial charge in [-0.25, -0.2) is 13.2 Å². The minimum atomic E-state index is -3.71. The molecule has 2 aromatic rings. The van der Waals surface area contributed by atoms with E-state index in [0.717, 1.165) is 11.8 Å². The molecule has 13 nitrogen and oxygen atoms in total. The van der Waals surface area contributed by atoms with Crippen LogP contribution in [0.15, 0.2) is 30.3 Å². The number of benzene rings is 2. The first-order valence-electron chi connectivity index (χ1n) is 12.0. The molecule has 0 fully saturated rings. The van der Waals surface area contributed by atoms with E-state index in [9.17, 15) is 28.2 Å². The Morgan fingerprint density at radius 3 is 2.62 bits per heavy atom. The van der Waals surface area contributed by atoms with Crippen molar-refractivity contribution in [3.05, 3.63) is 35.9 Å².